The van der Waals surface area contributed by atoms with Crippen molar-refractivity contribution >= 4 is 11.7 Å². The standard InChI is InChI=1S/C26H25FN6O2/c1-17-10-12-33-16-29-32-25(33)22-3-2-4-24(30-22)31-26(34)21-13-18(6-8-23(21)35-15-17)19-5-7-20(9-11-27)28-14-19/h2-8,13-14,16-17H,9-12,15H2,1H3,(H,30,31,34)/t17-/m1/s1. The molecule has 1 aromatic carbocycles. The Balaban J connectivity index is 1.51. The SMILES string of the molecule is C[C@@H]1CCn2cnnc2-c2cccc(n2)NC(=O)c2cc(-c3ccc(CCF)nc3)ccc2OC1. The quantitative estimate of drug-likeness (QED) is 0.469. The Morgan fingerprint density at radius 2 is 2.06 bits per heavy atom. The van der Waals surface area contributed by atoms with E-state index < -0.39 is 6.67 Å². The molecule has 0 aliphatic carbocycles. The first-order chi connectivity index (χ1) is 17.1. The number of nitrogens with zero attached hydrogens (tertiary/aromatic N) is 5. The normalized spacial score (nSPS) is 15.8. The van der Waals surface area contributed by atoms with E-state index >= 15 is 0 Å². The van der Waals surface area contributed by atoms with Crippen LogP contribution in [0.15, 0.2) is 61.1 Å². The zero-order chi connectivity index (χ0) is 24.2. The lowest BCUT2D eigenvalue weighted by atomic mass is 10.0. The number of alkyl halides is 1. The van der Waals surface area contributed by atoms with Crippen LogP contribution in [0.4, 0.5) is 10.2 Å². The Bertz CT molecular complexity index is 1340. The third-order valence-electron chi connectivity index (χ3n) is 5.95. The average molecular weight is 473 g/mol. The van der Waals surface area contributed by atoms with E-state index in [0.29, 0.717) is 40.9 Å². The maximum Gasteiger partial charge on any atom is 0.260 e. The predicted molar refractivity (Wildman–Crippen MR) is 130 cm³/mol. The fourth-order valence-corrected chi connectivity index (χ4v) is 3.96. The van der Waals surface area contributed by atoms with Crippen molar-refractivity contribution in [3.05, 3.63) is 72.3 Å². The number of hydrogen-bond donors (Lipinski definition) is 1. The lowest BCUT2D eigenvalue weighted by Crippen LogP contribution is -2.18. The van der Waals surface area contributed by atoms with Gasteiger partial charge in [-0.25, -0.2) is 4.98 Å². The summed E-state index contributed by atoms with van der Waals surface area (Å²) in [4.78, 5) is 22.3. The number of rotatable bonds is 3. The minimum absolute atomic E-state index is 0.232. The van der Waals surface area contributed by atoms with Crippen molar-refractivity contribution in [1.82, 2.24) is 24.7 Å². The van der Waals surface area contributed by atoms with Gasteiger partial charge in [-0.1, -0.05) is 25.1 Å². The number of ether oxygens (including phenoxy) is 1. The molecule has 1 atom stereocenters. The molecule has 0 fully saturated rings. The highest BCUT2D eigenvalue weighted by Gasteiger charge is 2.19. The van der Waals surface area contributed by atoms with Crippen LogP contribution >= 0.6 is 0 Å². The number of carbonyl (C=O) groups is 1. The van der Waals surface area contributed by atoms with Gasteiger partial charge in [-0.15, -0.1) is 10.2 Å². The summed E-state index contributed by atoms with van der Waals surface area (Å²) in [7, 11) is 0. The first-order valence-corrected chi connectivity index (χ1v) is 11.6. The number of carbonyl (C=O) groups excluding carboxylic acids is 1. The Morgan fingerprint density at radius 3 is 2.89 bits per heavy atom. The molecule has 1 N–H and O–H groups in total. The molecule has 0 saturated carbocycles. The van der Waals surface area contributed by atoms with Gasteiger partial charge in [-0.2, -0.15) is 0 Å². The molecule has 1 amide bonds. The number of pyridine rings is 2. The van der Waals surface area contributed by atoms with Crippen LogP contribution in [0.1, 0.15) is 29.4 Å². The fraction of sp³-hybridized carbons (Fsp3) is 0.269. The first kappa shape index (κ1) is 22.6. The lowest BCUT2D eigenvalue weighted by molar-refractivity contribution is 0.102. The summed E-state index contributed by atoms with van der Waals surface area (Å²) in [6.45, 7) is 2.84. The van der Waals surface area contributed by atoms with Crippen LogP contribution in [-0.4, -0.2) is 43.9 Å². The van der Waals surface area contributed by atoms with Crippen LogP contribution < -0.4 is 10.1 Å². The minimum atomic E-state index is -0.450. The molecule has 0 unspecified atom stereocenters. The molecule has 0 saturated heterocycles. The third kappa shape index (κ3) is 5.03. The van der Waals surface area contributed by atoms with Gasteiger partial charge in [-0.3, -0.25) is 14.2 Å². The van der Waals surface area contributed by atoms with Crippen LogP contribution in [0, 0.1) is 5.92 Å². The molecule has 1 aliphatic rings. The number of amides is 1. The molecular weight excluding hydrogens is 447 g/mol. The lowest BCUT2D eigenvalue weighted by Gasteiger charge is -2.18. The van der Waals surface area contributed by atoms with Crippen molar-refractivity contribution in [3.8, 4) is 28.4 Å². The topological polar surface area (TPSA) is 94.8 Å². The van der Waals surface area contributed by atoms with Gasteiger partial charge in [-0.05, 0) is 48.2 Å². The number of halogens is 1. The van der Waals surface area contributed by atoms with Gasteiger partial charge in [0.25, 0.3) is 5.91 Å². The highest BCUT2D eigenvalue weighted by Crippen LogP contribution is 2.29. The van der Waals surface area contributed by atoms with Crippen LogP contribution in [0.3, 0.4) is 0 Å². The zero-order valence-electron chi connectivity index (χ0n) is 19.3. The minimum Gasteiger partial charge on any atom is -0.492 e. The van der Waals surface area contributed by atoms with Gasteiger partial charge in [0, 0.05) is 30.4 Å². The molecule has 5 rings (SSSR count). The van der Waals surface area contributed by atoms with Crippen molar-refractivity contribution in [2.45, 2.75) is 26.3 Å². The molecule has 9 heteroatoms. The summed E-state index contributed by atoms with van der Waals surface area (Å²) in [5.74, 6) is 1.45. The summed E-state index contributed by atoms with van der Waals surface area (Å²) >= 11 is 0. The van der Waals surface area contributed by atoms with E-state index in [2.05, 4.69) is 32.4 Å². The number of nitrogens with one attached hydrogen (secondary N) is 1. The Hall–Kier alpha value is -4.14. The largest absolute Gasteiger partial charge is 0.492 e. The van der Waals surface area contributed by atoms with Gasteiger partial charge >= 0.3 is 0 Å². The summed E-state index contributed by atoms with van der Waals surface area (Å²) in [5.41, 5.74) is 3.36. The maximum absolute atomic E-state index is 13.4. The molecule has 0 spiro atoms. The van der Waals surface area contributed by atoms with Gasteiger partial charge in [0.1, 0.15) is 23.6 Å². The monoisotopic (exact) mass is 472 g/mol. The van der Waals surface area contributed by atoms with Crippen molar-refractivity contribution in [2.24, 2.45) is 5.92 Å². The van der Waals surface area contributed by atoms with Gasteiger partial charge in [0.15, 0.2) is 5.82 Å². The van der Waals surface area contributed by atoms with Gasteiger partial charge in [0.2, 0.25) is 0 Å². The third-order valence-corrected chi connectivity index (χ3v) is 5.95. The predicted octanol–water partition coefficient (Wildman–Crippen LogP) is 4.59. The zero-order valence-corrected chi connectivity index (χ0v) is 19.3. The van der Waals surface area contributed by atoms with E-state index in [0.717, 1.165) is 24.1 Å². The maximum atomic E-state index is 13.4. The van der Waals surface area contributed by atoms with Crippen molar-refractivity contribution < 1.29 is 13.9 Å². The van der Waals surface area contributed by atoms with Crippen molar-refractivity contribution in [1.29, 1.82) is 0 Å². The summed E-state index contributed by atoms with van der Waals surface area (Å²) in [6.07, 6.45) is 4.51. The molecule has 4 aromatic rings. The number of aromatic nitrogens is 5. The number of anilines is 1. The van der Waals surface area contributed by atoms with Crippen LogP contribution in [0.25, 0.3) is 22.6 Å². The molecule has 1 aliphatic heterocycles. The van der Waals surface area contributed by atoms with Crippen LogP contribution in [-0.2, 0) is 13.0 Å². The highest BCUT2D eigenvalue weighted by atomic mass is 19.1. The molecule has 4 heterocycles. The van der Waals surface area contributed by atoms with Crippen molar-refractivity contribution in [2.75, 3.05) is 18.6 Å². The average Bonchev–Trinajstić information content (AvgIpc) is 3.35. The van der Waals surface area contributed by atoms with Crippen LogP contribution in [0.5, 0.6) is 5.75 Å². The Morgan fingerprint density at radius 1 is 1.17 bits per heavy atom. The van der Waals surface area contributed by atoms with E-state index in [1.165, 1.54) is 0 Å². The summed E-state index contributed by atoms with van der Waals surface area (Å²) in [6, 6.07) is 14.6. The number of hydrogen-bond acceptors (Lipinski definition) is 6. The second kappa shape index (κ2) is 10.0. The Labute approximate surface area is 202 Å². The second-order valence-electron chi connectivity index (χ2n) is 8.60. The van der Waals surface area contributed by atoms with E-state index in [-0.39, 0.29) is 18.2 Å². The number of fused-ring (bicyclic) bond motifs is 5. The molecule has 3 aromatic heterocycles. The molecule has 2 bridgehead atoms. The fourth-order valence-electron chi connectivity index (χ4n) is 3.96. The van der Waals surface area contributed by atoms with E-state index in [9.17, 15) is 9.18 Å². The molecule has 35 heavy (non-hydrogen) atoms. The first-order valence-electron chi connectivity index (χ1n) is 11.6. The summed E-state index contributed by atoms with van der Waals surface area (Å²) in [5, 5.41) is 11.2. The Kier molecular flexibility index (Phi) is 6.47. The number of aryl methyl sites for hydroxylation is 2. The van der Waals surface area contributed by atoms with E-state index in [4.69, 9.17) is 4.74 Å². The summed E-state index contributed by atoms with van der Waals surface area (Å²) < 4.78 is 20.7. The van der Waals surface area contributed by atoms with Crippen LogP contribution in [0.2, 0.25) is 0 Å². The number of benzene rings is 1. The smallest absolute Gasteiger partial charge is 0.260 e. The molecule has 8 nitrogen and oxygen atoms in total. The molecule has 0 radical (unpaired) electrons. The van der Waals surface area contributed by atoms with E-state index in [1.54, 1.807) is 36.8 Å². The van der Waals surface area contributed by atoms with Gasteiger partial charge < -0.3 is 14.6 Å². The molecular formula is C26H25FN6O2. The van der Waals surface area contributed by atoms with E-state index in [1.807, 2.05) is 28.8 Å². The molecule has 178 valence electrons. The second-order valence-corrected chi connectivity index (χ2v) is 8.60. The highest BCUT2D eigenvalue weighted by molar-refractivity contribution is 6.06. The van der Waals surface area contributed by atoms with Crippen molar-refractivity contribution in [3.63, 3.8) is 0 Å². The van der Waals surface area contributed by atoms with Gasteiger partial charge in [0.05, 0.1) is 18.8 Å².